The second kappa shape index (κ2) is 16.1. The van der Waals surface area contributed by atoms with Crippen LogP contribution in [0.1, 0.15) is 0 Å². The molecule has 0 fully saturated rings. The number of hydrogen-bond acceptors (Lipinski definition) is 15. The molecule has 4 aromatic rings. The summed E-state index contributed by atoms with van der Waals surface area (Å²) in [7, 11) is -10.2. The summed E-state index contributed by atoms with van der Waals surface area (Å²) in [5.41, 5.74) is 0.793. The zero-order valence-corrected chi connectivity index (χ0v) is 30.0. The van der Waals surface area contributed by atoms with Gasteiger partial charge in [-0.25, -0.2) is 16.8 Å². The molecule has 0 saturated carbocycles. The van der Waals surface area contributed by atoms with Gasteiger partial charge in [0.1, 0.15) is 20.2 Å². The largest absolute Gasteiger partial charge is 1.00 e. The number of aromatic nitrogens is 3. The van der Waals surface area contributed by atoms with Gasteiger partial charge in [0, 0.05) is 16.3 Å². The van der Waals surface area contributed by atoms with Crippen LogP contribution in [0.3, 0.4) is 0 Å². The first-order valence-electron chi connectivity index (χ1n) is 9.61. The van der Waals surface area contributed by atoms with Crippen LogP contribution in [0.25, 0.3) is 10.8 Å². The van der Waals surface area contributed by atoms with Crippen LogP contribution in [0, 0.1) is 0 Å². The van der Waals surface area contributed by atoms with E-state index in [1.165, 1.54) is 18.2 Å². The Kier molecular flexibility index (Phi) is 15.2. The molecule has 0 aliphatic heterocycles. The average molecular weight is 654 g/mol. The van der Waals surface area contributed by atoms with E-state index in [9.17, 15) is 31.2 Å². The van der Waals surface area contributed by atoms with Crippen molar-refractivity contribution >= 4 is 77.9 Å². The number of nitrogens with one attached hydrogen (secondary N) is 2. The van der Waals surface area contributed by atoms with Crippen molar-refractivity contribution in [1.82, 2.24) is 15.0 Å². The first-order valence-corrected chi connectivity index (χ1v) is 13.5. The maximum absolute atomic E-state index is 11.7. The van der Waals surface area contributed by atoms with Crippen molar-refractivity contribution in [3.05, 3.63) is 59.9 Å². The third-order valence-corrected chi connectivity index (χ3v) is 7.03. The molecule has 40 heavy (non-hydrogen) atoms. The van der Waals surface area contributed by atoms with Gasteiger partial charge in [0.2, 0.25) is 17.2 Å². The van der Waals surface area contributed by atoms with Crippen molar-refractivity contribution in [1.29, 1.82) is 0 Å². The molecule has 0 bridgehead atoms. The number of benzene rings is 3. The third-order valence-electron chi connectivity index (χ3n) is 4.58. The number of anilines is 4. The predicted molar refractivity (Wildman–Crippen MR) is 126 cm³/mol. The first-order chi connectivity index (χ1) is 17.4. The molecule has 14 nitrogen and oxygen atoms in total. The molecule has 1 aromatic heterocycles. The van der Waals surface area contributed by atoms with E-state index < -0.39 is 30.0 Å². The molecular weight excluding hydrogens is 643 g/mol. The maximum Gasteiger partial charge on any atom is 1.00 e. The van der Waals surface area contributed by atoms with Crippen LogP contribution in [0.15, 0.2) is 69.3 Å². The van der Waals surface area contributed by atoms with Gasteiger partial charge in [-0.05, 0) is 70.9 Å². The van der Waals surface area contributed by atoms with Gasteiger partial charge in [0.15, 0.2) is 0 Å². The van der Waals surface area contributed by atoms with Crippen LogP contribution < -0.4 is 105 Å². The SMILES string of the molecule is O=S(=O)([O-])c1cc(S(=O)(=O)[O-])c2ccc(Nc3nc(Cl)nc(Nc4ccc(SOO[O-])cc4)n3)cc2c1.[Na+].[Na+].[Na+]. The molecule has 0 aliphatic carbocycles. The summed E-state index contributed by atoms with van der Waals surface area (Å²) in [6.07, 6.45) is 0. The second-order valence-corrected chi connectivity index (χ2v) is 10.9. The molecule has 4 rings (SSSR count). The zero-order chi connectivity index (χ0) is 26.8. The van der Waals surface area contributed by atoms with E-state index in [1.807, 2.05) is 0 Å². The summed E-state index contributed by atoms with van der Waals surface area (Å²) in [6.45, 7) is 0. The van der Waals surface area contributed by atoms with Crippen molar-refractivity contribution in [2.45, 2.75) is 14.7 Å². The van der Waals surface area contributed by atoms with Gasteiger partial charge >= 0.3 is 88.7 Å². The summed E-state index contributed by atoms with van der Waals surface area (Å²) in [4.78, 5) is 10.9. The fraction of sp³-hybridized carbons (Fsp3) is 0. The van der Waals surface area contributed by atoms with Gasteiger partial charge in [-0.3, -0.25) is 5.04 Å². The molecule has 3 aromatic carbocycles. The Morgan fingerprint density at radius 3 is 1.90 bits per heavy atom. The summed E-state index contributed by atoms with van der Waals surface area (Å²) in [5.74, 6) is 0.00148. The van der Waals surface area contributed by atoms with Crippen LogP contribution in [-0.4, -0.2) is 40.9 Å². The van der Waals surface area contributed by atoms with Gasteiger partial charge in [0.25, 0.3) is 0 Å². The van der Waals surface area contributed by atoms with Gasteiger partial charge in [-0.15, -0.1) is 0 Å². The van der Waals surface area contributed by atoms with Crippen molar-refractivity contribution < 1.29 is 129 Å². The van der Waals surface area contributed by atoms with Gasteiger partial charge < -0.3 is 25.0 Å². The fourth-order valence-electron chi connectivity index (χ4n) is 3.10. The minimum Gasteiger partial charge on any atom is -0.744 e. The summed E-state index contributed by atoms with van der Waals surface area (Å²) in [5, 5.41) is 18.6. The standard InChI is InChI=1S/C19H14ClN5O9S3.3Na/c20-17-23-18(21-11-1-4-13(5-2-11)35-34-33-26)25-19(24-17)22-12-3-6-15-10(7-12)8-14(36(27,28)29)9-16(15)37(30,31)32;;;/h1-9,26H,(H,27,28,29)(H,30,31,32)(H2,21,22,23,24,25);;;/q;3*+1/p-3. The minimum atomic E-state index is -5.09. The molecule has 0 spiro atoms. The van der Waals surface area contributed by atoms with Gasteiger partial charge in [-0.2, -0.15) is 19.3 Å². The quantitative estimate of drug-likeness (QED) is 0.0564. The molecule has 1 heterocycles. The van der Waals surface area contributed by atoms with Crippen molar-refractivity contribution in [2.24, 2.45) is 0 Å². The molecule has 0 aliphatic rings. The molecule has 194 valence electrons. The van der Waals surface area contributed by atoms with Crippen LogP contribution in [-0.2, 0) is 29.6 Å². The van der Waals surface area contributed by atoms with E-state index in [1.54, 1.807) is 24.3 Å². The van der Waals surface area contributed by atoms with E-state index >= 15 is 0 Å². The van der Waals surface area contributed by atoms with Crippen molar-refractivity contribution in [3.8, 4) is 0 Å². The predicted octanol–water partition coefficient (Wildman–Crippen LogP) is -6.78. The zero-order valence-electron chi connectivity index (χ0n) is 20.8. The van der Waals surface area contributed by atoms with E-state index in [4.69, 9.17) is 11.6 Å². The Hall–Kier alpha value is -0.130. The van der Waals surface area contributed by atoms with E-state index in [0.717, 1.165) is 6.07 Å². The number of halogens is 1. The maximum atomic E-state index is 11.7. The Bertz CT molecular complexity index is 1700. The Morgan fingerprint density at radius 2 is 1.35 bits per heavy atom. The molecule has 0 amide bonds. The smallest absolute Gasteiger partial charge is 0.744 e. The molecule has 0 saturated heterocycles. The van der Waals surface area contributed by atoms with E-state index in [0.29, 0.717) is 28.7 Å². The summed E-state index contributed by atoms with van der Waals surface area (Å²) < 4.78 is 73.6. The van der Waals surface area contributed by atoms with Gasteiger partial charge in [0.05, 0.1) is 21.8 Å². The van der Waals surface area contributed by atoms with Crippen LogP contribution >= 0.6 is 23.6 Å². The number of hydrogen-bond donors (Lipinski definition) is 2. The fourth-order valence-corrected chi connectivity index (χ4v) is 4.95. The average Bonchev–Trinajstić information content (AvgIpc) is 2.81. The topological polar surface area (TPSA) is 219 Å². The van der Waals surface area contributed by atoms with E-state index in [2.05, 4.69) is 35.0 Å². The Labute approximate surface area is 303 Å². The molecule has 0 unspecified atom stereocenters. The van der Waals surface area contributed by atoms with Crippen LogP contribution in [0.2, 0.25) is 5.28 Å². The molecule has 0 radical (unpaired) electrons. The molecule has 0 atom stereocenters. The third kappa shape index (κ3) is 10.2. The first kappa shape index (κ1) is 37.9. The normalized spacial score (nSPS) is 11.1. The van der Waals surface area contributed by atoms with E-state index in [-0.39, 0.29) is 122 Å². The summed E-state index contributed by atoms with van der Waals surface area (Å²) >= 11 is 6.70. The van der Waals surface area contributed by atoms with Gasteiger partial charge in [-0.1, -0.05) is 6.07 Å². The van der Waals surface area contributed by atoms with Crippen LogP contribution in [0.5, 0.6) is 0 Å². The Morgan fingerprint density at radius 1 is 0.775 bits per heavy atom. The number of rotatable bonds is 9. The van der Waals surface area contributed by atoms with Crippen molar-refractivity contribution in [2.75, 3.05) is 10.6 Å². The second-order valence-electron chi connectivity index (χ2n) is 7.01. The number of fused-ring (bicyclic) bond motifs is 1. The Balaban J connectivity index is 0.00000267. The minimum absolute atomic E-state index is 0. The number of nitrogens with zero attached hydrogens (tertiary/aromatic N) is 3. The molecule has 2 N–H and O–H groups in total. The van der Waals surface area contributed by atoms with Crippen molar-refractivity contribution in [3.63, 3.8) is 0 Å². The van der Waals surface area contributed by atoms with Crippen LogP contribution in [0.4, 0.5) is 23.3 Å². The summed E-state index contributed by atoms with van der Waals surface area (Å²) in [6, 6.07) is 11.9. The monoisotopic (exact) mass is 653 g/mol. The molecule has 21 heteroatoms. The molecular formula is C19H11ClN5Na3O9S3.